The van der Waals surface area contributed by atoms with Gasteiger partial charge in [0.1, 0.15) is 11.9 Å². The Bertz CT molecular complexity index is 667. The van der Waals surface area contributed by atoms with Crippen molar-refractivity contribution in [2.75, 3.05) is 44.0 Å². The molecule has 126 valence electrons. The Morgan fingerprint density at radius 2 is 1.96 bits per heavy atom. The quantitative estimate of drug-likeness (QED) is 0.752. The van der Waals surface area contributed by atoms with E-state index in [-0.39, 0.29) is 5.69 Å². The van der Waals surface area contributed by atoms with E-state index in [1.165, 1.54) is 12.4 Å². The number of ether oxygens (including phenoxy) is 1. The number of nitriles is 1. The highest BCUT2D eigenvalue weighted by atomic mass is 16.5. The summed E-state index contributed by atoms with van der Waals surface area (Å²) in [6.07, 6.45) is 2.86. The predicted octanol–water partition coefficient (Wildman–Crippen LogP) is 0.838. The molecular weight excluding hydrogens is 308 g/mol. The standard InChI is InChI=1S/C11H11N7.C4H9NO/c1-7-9(13-2)3-10(18-17-7)16-11-6-14-8(4-12)5-15-11;1-3-6-4-2-5-1/h3,5-6H,1-2H3,(H2,13,15,16,18);5H,1-4H2. The van der Waals surface area contributed by atoms with Crippen LogP contribution in [0.4, 0.5) is 17.3 Å². The number of rotatable bonds is 3. The van der Waals surface area contributed by atoms with Crippen molar-refractivity contribution in [2.24, 2.45) is 0 Å². The second-order valence-electron chi connectivity index (χ2n) is 4.86. The largest absolute Gasteiger partial charge is 0.386 e. The first kappa shape index (κ1) is 17.5. The number of nitrogens with zero attached hydrogens (tertiary/aromatic N) is 5. The Hall–Kier alpha value is -2.83. The normalized spacial score (nSPS) is 13.2. The fourth-order valence-electron chi connectivity index (χ4n) is 1.86. The fraction of sp³-hybridized carbons (Fsp3) is 0.400. The van der Waals surface area contributed by atoms with Gasteiger partial charge in [0.25, 0.3) is 0 Å². The highest BCUT2D eigenvalue weighted by Gasteiger charge is 2.03. The Labute approximate surface area is 140 Å². The molecule has 1 aliphatic heterocycles. The van der Waals surface area contributed by atoms with Crippen molar-refractivity contribution in [3.05, 3.63) is 29.8 Å². The van der Waals surface area contributed by atoms with Crippen LogP contribution in [0.5, 0.6) is 0 Å². The molecule has 2 aromatic heterocycles. The van der Waals surface area contributed by atoms with Crippen LogP contribution >= 0.6 is 0 Å². The minimum atomic E-state index is 0.270. The van der Waals surface area contributed by atoms with Gasteiger partial charge < -0.3 is 20.7 Å². The molecular formula is C15H20N8O. The first-order valence-electron chi connectivity index (χ1n) is 7.52. The van der Waals surface area contributed by atoms with E-state index < -0.39 is 0 Å². The molecule has 3 heterocycles. The maximum Gasteiger partial charge on any atom is 0.158 e. The molecule has 24 heavy (non-hydrogen) atoms. The Balaban J connectivity index is 0.000000292. The van der Waals surface area contributed by atoms with Gasteiger partial charge in [0.15, 0.2) is 11.5 Å². The van der Waals surface area contributed by atoms with Gasteiger partial charge in [-0.2, -0.15) is 10.4 Å². The van der Waals surface area contributed by atoms with Crippen LogP contribution < -0.4 is 16.0 Å². The topological polar surface area (TPSA) is 121 Å². The van der Waals surface area contributed by atoms with E-state index in [0.29, 0.717) is 11.6 Å². The number of hydrogen-bond donors (Lipinski definition) is 3. The van der Waals surface area contributed by atoms with Crippen molar-refractivity contribution in [1.82, 2.24) is 25.5 Å². The molecule has 0 saturated carbocycles. The third-order valence-corrected chi connectivity index (χ3v) is 3.12. The Morgan fingerprint density at radius 1 is 1.17 bits per heavy atom. The van der Waals surface area contributed by atoms with E-state index in [1.807, 2.05) is 26.1 Å². The smallest absolute Gasteiger partial charge is 0.158 e. The molecule has 1 aliphatic rings. The van der Waals surface area contributed by atoms with Crippen molar-refractivity contribution in [3.63, 3.8) is 0 Å². The lowest BCUT2D eigenvalue weighted by molar-refractivity contribution is 0.109. The monoisotopic (exact) mass is 328 g/mol. The van der Waals surface area contributed by atoms with Gasteiger partial charge in [-0.3, -0.25) is 0 Å². The van der Waals surface area contributed by atoms with Gasteiger partial charge in [-0.1, -0.05) is 0 Å². The predicted molar refractivity (Wildman–Crippen MR) is 90.0 cm³/mol. The lowest BCUT2D eigenvalue weighted by Gasteiger charge is -2.10. The van der Waals surface area contributed by atoms with Gasteiger partial charge >= 0.3 is 0 Å². The maximum absolute atomic E-state index is 8.61. The summed E-state index contributed by atoms with van der Waals surface area (Å²) in [6.45, 7) is 5.70. The average molecular weight is 328 g/mol. The van der Waals surface area contributed by atoms with Gasteiger partial charge in [0, 0.05) is 26.2 Å². The number of nitrogens with one attached hydrogen (secondary N) is 3. The van der Waals surface area contributed by atoms with Crippen LogP contribution in [0.1, 0.15) is 11.4 Å². The molecule has 0 amide bonds. The number of anilines is 3. The number of morpholine rings is 1. The zero-order valence-electron chi connectivity index (χ0n) is 13.7. The SMILES string of the molecule is C1COCCN1.CNc1cc(Nc2cnc(C#N)cn2)nnc1C. The lowest BCUT2D eigenvalue weighted by atomic mass is 10.3. The molecule has 0 radical (unpaired) electrons. The summed E-state index contributed by atoms with van der Waals surface area (Å²) in [6, 6.07) is 3.73. The fourth-order valence-corrected chi connectivity index (χ4v) is 1.86. The van der Waals surface area contributed by atoms with Crippen LogP contribution in [-0.4, -0.2) is 53.5 Å². The van der Waals surface area contributed by atoms with Crippen molar-refractivity contribution in [1.29, 1.82) is 5.26 Å². The Kier molecular flexibility index (Phi) is 6.82. The highest BCUT2D eigenvalue weighted by molar-refractivity contribution is 5.58. The number of hydrogen-bond acceptors (Lipinski definition) is 9. The minimum Gasteiger partial charge on any atom is -0.386 e. The third-order valence-electron chi connectivity index (χ3n) is 3.12. The summed E-state index contributed by atoms with van der Waals surface area (Å²) < 4.78 is 5.01. The minimum absolute atomic E-state index is 0.270. The molecule has 1 saturated heterocycles. The number of aryl methyl sites for hydroxylation is 1. The maximum atomic E-state index is 8.61. The molecule has 1 fully saturated rings. The van der Waals surface area contributed by atoms with Crippen LogP contribution in [0.2, 0.25) is 0 Å². The second kappa shape index (κ2) is 9.34. The van der Waals surface area contributed by atoms with Crippen molar-refractivity contribution in [3.8, 4) is 6.07 Å². The molecule has 0 aliphatic carbocycles. The molecule has 0 unspecified atom stereocenters. The summed E-state index contributed by atoms with van der Waals surface area (Å²) in [4.78, 5) is 7.94. The molecule has 9 nitrogen and oxygen atoms in total. The lowest BCUT2D eigenvalue weighted by Crippen LogP contribution is -2.30. The van der Waals surface area contributed by atoms with E-state index in [4.69, 9.17) is 10.00 Å². The molecule has 0 spiro atoms. The summed E-state index contributed by atoms with van der Waals surface area (Å²) in [5.74, 6) is 1.07. The molecule has 2 aromatic rings. The van der Waals surface area contributed by atoms with E-state index >= 15 is 0 Å². The molecule has 9 heteroatoms. The number of aromatic nitrogens is 4. The molecule has 3 N–H and O–H groups in total. The summed E-state index contributed by atoms with van der Waals surface area (Å²) in [5, 5.41) is 25.7. The highest BCUT2D eigenvalue weighted by Crippen LogP contribution is 2.17. The summed E-state index contributed by atoms with van der Waals surface area (Å²) in [7, 11) is 1.81. The summed E-state index contributed by atoms with van der Waals surface area (Å²) >= 11 is 0. The van der Waals surface area contributed by atoms with Crippen LogP contribution in [0.3, 0.4) is 0 Å². The zero-order chi connectivity index (χ0) is 17.2. The molecule has 0 aromatic carbocycles. The van der Waals surface area contributed by atoms with Gasteiger partial charge in [0.05, 0.1) is 37.0 Å². The van der Waals surface area contributed by atoms with Crippen LogP contribution in [0, 0.1) is 18.3 Å². The first-order chi connectivity index (χ1) is 11.7. The first-order valence-corrected chi connectivity index (χ1v) is 7.52. The van der Waals surface area contributed by atoms with Crippen LogP contribution in [-0.2, 0) is 4.74 Å². The van der Waals surface area contributed by atoms with Crippen molar-refractivity contribution < 1.29 is 4.74 Å². The van der Waals surface area contributed by atoms with Crippen LogP contribution in [0.15, 0.2) is 18.5 Å². The second-order valence-corrected chi connectivity index (χ2v) is 4.86. The zero-order valence-corrected chi connectivity index (χ0v) is 13.7. The van der Waals surface area contributed by atoms with E-state index in [2.05, 4.69) is 36.1 Å². The van der Waals surface area contributed by atoms with Crippen molar-refractivity contribution >= 4 is 17.3 Å². The average Bonchev–Trinajstić information content (AvgIpc) is 2.66. The van der Waals surface area contributed by atoms with Crippen LogP contribution in [0.25, 0.3) is 0 Å². The van der Waals surface area contributed by atoms with Gasteiger partial charge in [-0.05, 0) is 6.92 Å². The molecule has 0 bridgehead atoms. The summed E-state index contributed by atoms with van der Waals surface area (Å²) in [5.41, 5.74) is 1.97. The van der Waals surface area contributed by atoms with E-state index in [0.717, 1.165) is 37.7 Å². The molecule has 0 atom stereocenters. The Morgan fingerprint density at radius 3 is 2.46 bits per heavy atom. The van der Waals surface area contributed by atoms with Gasteiger partial charge in [-0.25, -0.2) is 9.97 Å². The van der Waals surface area contributed by atoms with Gasteiger partial charge in [-0.15, -0.1) is 5.10 Å². The van der Waals surface area contributed by atoms with Gasteiger partial charge in [0.2, 0.25) is 0 Å². The molecule has 3 rings (SSSR count). The third kappa shape index (κ3) is 5.42. The van der Waals surface area contributed by atoms with E-state index in [9.17, 15) is 0 Å². The van der Waals surface area contributed by atoms with Crippen molar-refractivity contribution in [2.45, 2.75) is 6.92 Å². The van der Waals surface area contributed by atoms with E-state index in [1.54, 1.807) is 0 Å².